The molecule has 2 aliphatic rings. The Morgan fingerprint density at radius 1 is 1.02 bits per heavy atom. The molecule has 0 amide bonds. The first-order chi connectivity index (χ1) is 19.8. The van der Waals surface area contributed by atoms with Gasteiger partial charge in [-0.25, -0.2) is 8.42 Å². The number of ether oxygens (including phenoxy) is 4. The minimum atomic E-state index is -4.24. The van der Waals surface area contributed by atoms with Crippen molar-refractivity contribution in [3.05, 3.63) is 41.6 Å². The van der Waals surface area contributed by atoms with E-state index in [0.717, 1.165) is 30.6 Å². The van der Waals surface area contributed by atoms with Crippen LogP contribution in [0.15, 0.2) is 39.8 Å². The molecular weight excluding hydrogens is 552 g/mol. The summed E-state index contributed by atoms with van der Waals surface area (Å²) in [6.45, 7) is 2.04. The van der Waals surface area contributed by atoms with Crippen LogP contribution >= 0.6 is 0 Å². The lowest BCUT2D eigenvalue weighted by atomic mass is 10.1. The van der Waals surface area contributed by atoms with Crippen molar-refractivity contribution in [1.82, 2.24) is 20.3 Å². The number of anilines is 3. The molecule has 1 atom stereocenters. The second kappa shape index (κ2) is 10.8. The summed E-state index contributed by atoms with van der Waals surface area (Å²) in [5.41, 5.74) is 2.77. The average Bonchev–Trinajstić information content (AvgIpc) is 3.61. The monoisotopic (exact) mass is 584 g/mol. The molecular formula is C27H32N6O7S. The Morgan fingerprint density at radius 3 is 2.41 bits per heavy atom. The molecule has 13 nitrogen and oxygen atoms in total. The van der Waals surface area contributed by atoms with Crippen LogP contribution in [-0.2, 0) is 14.8 Å². The second-order valence-electron chi connectivity index (χ2n) is 10.2. The van der Waals surface area contributed by atoms with E-state index in [-0.39, 0.29) is 28.3 Å². The quantitative estimate of drug-likeness (QED) is 0.248. The average molecular weight is 585 g/mol. The minimum absolute atomic E-state index is 0.00828. The molecule has 1 unspecified atom stereocenters. The number of nitrogens with one attached hydrogen (secondary N) is 3. The van der Waals surface area contributed by atoms with Crippen molar-refractivity contribution in [2.45, 2.75) is 29.8 Å². The fraction of sp³-hybridized carbons (Fsp3) is 0.407. The lowest BCUT2D eigenvalue weighted by Gasteiger charge is -2.30. The first kappa shape index (κ1) is 27.2. The van der Waals surface area contributed by atoms with Gasteiger partial charge in [0.25, 0.3) is 10.0 Å². The number of H-pyrrole nitrogens is 1. The lowest BCUT2D eigenvalue weighted by molar-refractivity contribution is -0.0211. The molecule has 6 rings (SSSR count). The number of rotatable bonds is 10. The summed E-state index contributed by atoms with van der Waals surface area (Å²) in [7, 11) is 2.10. The van der Waals surface area contributed by atoms with Crippen LogP contribution in [0.1, 0.15) is 36.1 Å². The largest absolute Gasteiger partial charge is 0.495 e. The highest BCUT2D eigenvalue weighted by atomic mass is 32.2. The maximum atomic E-state index is 13.7. The zero-order valence-corrected chi connectivity index (χ0v) is 24.0. The van der Waals surface area contributed by atoms with Gasteiger partial charge in [-0.15, -0.1) is 0 Å². The molecule has 4 aromatic rings. The predicted molar refractivity (Wildman–Crippen MR) is 151 cm³/mol. The molecule has 3 N–H and O–H groups in total. The summed E-state index contributed by atoms with van der Waals surface area (Å²) in [4.78, 5) is 1.98. The van der Waals surface area contributed by atoms with Crippen LogP contribution in [0.25, 0.3) is 11.0 Å². The first-order valence-corrected chi connectivity index (χ1v) is 14.7. The molecule has 1 aliphatic heterocycles. The maximum Gasteiger partial charge on any atom is 0.270 e. The van der Waals surface area contributed by atoms with Gasteiger partial charge < -0.3 is 33.7 Å². The second-order valence-corrected chi connectivity index (χ2v) is 11.8. The van der Waals surface area contributed by atoms with Gasteiger partial charge in [0.2, 0.25) is 0 Å². The number of sulfonamides is 1. The zero-order valence-electron chi connectivity index (χ0n) is 23.2. The molecule has 3 heterocycles. The van der Waals surface area contributed by atoms with Crippen LogP contribution in [-0.4, -0.2) is 76.7 Å². The number of hydrogen-bond donors (Lipinski definition) is 3. The lowest BCUT2D eigenvalue weighted by Crippen LogP contribution is -2.35. The van der Waals surface area contributed by atoms with Crippen LogP contribution in [0, 0.1) is 0 Å². The molecule has 1 saturated heterocycles. The molecule has 2 fully saturated rings. The van der Waals surface area contributed by atoms with E-state index >= 15 is 0 Å². The van der Waals surface area contributed by atoms with E-state index in [1.165, 1.54) is 21.3 Å². The molecule has 2 aromatic heterocycles. The van der Waals surface area contributed by atoms with E-state index in [1.807, 2.05) is 13.1 Å². The molecule has 2 aromatic carbocycles. The summed E-state index contributed by atoms with van der Waals surface area (Å²) >= 11 is 0. The number of fused-ring (bicyclic) bond motifs is 1. The minimum Gasteiger partial charge on any atom is -0.495 e. The van der Waals surface area contributed by atoms with E-state index < -0.39 is 10.0 Å². The van der Waals surface area contributed by atoms with E-state index in [1.54, 1.807) is 24.3 Å². The normalized spacial score (nSPS) is 17.9. The van der Waals surface area contributed by atoms with Gasteiger partial charge in [-0.05, 0) is 43.7 Å². The highest BCUT2D eigenvalue weighted by molar-refractivity contribution is 7.93. The number of hydrogen-bond acceptors (Lipinski definition) is 11. The highest BCUT2D eigenvalue weighted by Gasteiger charge is 2.31. The van der Waals surface area contributed by atoms with E-state index in [4.69, 9.17) is 23.5 Å². The Labute approximate surface area is 237 Å². The van der Waals surface area contributed by atoms with Gasteiger partial charge in [0.15, 0.2) is 22.1 Å². The number of nitrogens with zero attached hydrogens (tertiary/aromatic N) is 3. The molecule has 1 saturated carbocycles. The fourth-order valence-corrected chi connectivity index (χ4v) is 6.27. The Balaban J connectivity index is 1.31. The topological polar surface area (TPSA) is 153 Å². The summed E-state index contributed by atoms with van der Waals surface area (Å²) in [6.07, 6.45) is 2.06. The van der Waals surface area contributed by atoms with E-state index in [0.29, 0.717) is 47.3 Å². The molecule has 218 valence electrons. The Morgan fingerprint density at radius 2 is 1.76 bits per heavy atom. The van der Waals surface area contributed by atoms with Crippen LogP contribution in [0.4, 0.5) is 17.3 Å². The maximum absolute atomic E-state index is 13.7. The smallest absolute Gasteiger partial charge is 0.270 e. The van der Waals surface area contributed by atoms with Crippen molar-refractivity contribution < 1.29 is 31.9 Å². The van der Waals surface area contributed by atoms with Crippen LogP contribution in [0.2, 0.25) is 0 Å². The standard InChI is InChI=1S/C27H32N6O7S/c1-33-7-8-39-24(14-33)16-9-22(37-3)26(23(10-16)38-4)41(34,35)32-27-17-11-21(36-2)19(12-20(17)40-31-27)28-25-13-18(29-30-25)15-5-6-15/h9-13,15,24H,5-8,14H2,1-4H3,(H,31,32)(H2,28,29,30). The molecule has 0 spiro atoms. The third-order valence-electron chi connectivity index (χ3n) is 7.29. The van der Waals surface area contributed by atoms with Crippen molar-refractivity contribution in [2.24, 2.45) is 0 Å². The summed E-state index contributed by atoms with van der Waals surface area (Å²) in [5, 5.41) is 15.0. The third kappa shape index (κ3) is 5.37. The van der Waals surface area contributed by atoms with Gasteiger partial charge in [-0.1, -0.05) is 5.16 Å². The number of likely N-dealkylation sites (N-methyl/N-ethyl adjacent to an activating group) is 1. The van der Waals surface area contributed by atoms with Crippen LogP contribution in [0.3, 0.4) is 0 Å². The van der Waals surface area contributed by atoms with Crippen molar-refractivity contribution in [3.8, 4) is 17.2 Å². The van der Waals surface area contributed by atoms with Gasteiger partial charge >= 0.3 is 0 Å². The molecule has 0 radical (unpaired) electrons. The Hall–Kier alpha value is -4.01. The van der Waals surface area contributed by atoms with Crippen molar-refractivity contribution in [2.75, 3.05) is 58.1 Å². The SMILES string of the molecule is COc1cc2c(NS(=O)(=O)c3c(OC)cc(C4CN(C)CCO4)cc3OC)noc2cc1Nc1cc(C2CC2)[nH]n1. The first-order valence-electron chi connectivity index (χ1n) is 13.2. The molecule has 41 heavy (non-hydrogen) atoms. The third-order valence-corrected chi connectivity index (χ3v) is 8.70. The number of methoxy groups -OCH3 is 3. The summed E-state index contributed by atoms with van der Waals surface area (Å²) < 4.78 is 58.0. The predicted octanol–water partition coefficient (Wildman–Crippen LogP) is 4.00. The van der Waals surface area contributed by atoms with E-state index in [2.05, 4.69) is 30.3 Å². The van der Waals surface area contributed by atoms with Gasteiger partial charge in [-0.2, -0.15) is 5.10 Å². The number of benzene rings is 2. The Kier molecular flexibility index (Phi) is 7.13. The Bertz CT molecular complexity index is 1660. The number of aromatic nitrogens is 3. The van der Waals surface area contributed by atoms with Crippen molar-refractivity contribution >= 4 is 38.3 Å². The van der Waals surface area contributed by atoms with Crippen molar-refractivity contribution in [3.63, 3.8) is 0 Å². The van der Waals surface area contributed by atoms with E-state index in [9.17, 15) is 8.42 Å². The van der Waals surface area contributed by atoms with Gasteiger partial charge in [0, 0.05) is 36.8 Å². The summed E-state index contributed by atoms with van der Waals surface area (Å²) in [6, 6.07) is 8.61. The molecule has 0 bridgehead atoms. The van der Waals surface area contributed by atoms with Gasteiger partial charge in [0.05, 0.1) is 45.1 Å². The molecule has 1 aliphatic carbocycles. The zero-order chi connectivity index (χ0) is 28.7. The van der Waals surface area contributed by atoms with Gasteiger partial charge in [0.1, 0.15) is 17.2 Å². The van der Waals surface area contributed by atoms with Crippen LogP contribution < -0.4 is 24.2 Å². The van der Waals surface area contributed by atoms with Crippen LogP contribution in [0.5, 0.6) is 17.2 Å². The molecule has 14 heteroatoms. The summed E-state index contributed by atoms with van der Waals surface area (Å²) in [5.74, 6) is 1.84. The fourth-order valence-electron chi connectivity index (χ4n) is 4.96. The number of aromatic amines is 1. The van der Waals surface area contributed by atoms with Crippen molar-refractivity contribution in [1.29, 1.82) is 0 Å². The highest BCUT2D eigenvalue weighted by Crippen LogP contribution is 2.42. The van der Waals surface area contributed by atoms with Gasteiger partial charge in [-0.3, -0.25) is 9.82 Å². The number of morpholine rings is 1.